The molecule has 1 rings (SSSR count). The zero-order chi connectivity index (χ0) is 11.3. The molecule has 0 aliphatic carbocycles. The lowest BCUT2D eigenvalue weighted by Crippen LogP contribution is -2.11. The summed E-state index contributed by atoms with van der Waals surface area (Å²) in [4.78, 5) is 0.0835. The summed E-state index contributed by atoms with van der Waals surface area (Å²) >= 11 is 4.01. The number of rotatable bonds is 2. The number of thiol groups is 1. The molecule has 0 fully saturated rings. The maximum absolute atomic E-state index is 11.0. The molecule has 2 N–H and O–H groups in total. The van der Waals surface area contributed by atoms with Crippen LogP contribution >= 0.6 is 12.6 Å². The highest BCUT2D eigenvalue weighted by Gasteiger charge is 2.06. The van der Waals surface area contributed by atoms with Gasteiger partial charge < -0.3 is 0 Å². The summed E-state index contributed by atoms with van der Waals surface area (Å²) in [5.74, 6) is 6.39. The van der Waals surface area contributed by atoms with Gasteiger partial charge in [0.25, 0.3) is 0 Å². The van der Waals surface area contributed by atoms with E-state index in [0.717, 1.165) is 0 Å². The second-order valence-electron chi connectivity index (χ2n) is 2.85. The van der Waals surface area contributed by atoms with E-state index in [0.29, 0.717) is 17.7 Å². The second kappa shape index (κ2) is 5.21. The molecule has 5 heteroatoms. The summed E-state index contributed by atoms with van der Waals surface area (Å²) in [6, 6.07) is 6.25. The monoisotopic (exact) mass is 241 g/mol. The van der Waals surface area contributed by atoms with E-state index in [1.165, 1.54) is 12.1 Å². The predicted molar refractivity (Wildman–Crippen MR) is 63.2 cm³/mol. The number of nitrogens with two attached hydrogens (primary N) is 1. The Morgan fingerprint density at radius 3 is 2.73 bits per heavy atom. The van der Waals surface area contributed by atoms with Crippen molar-refractivity contribution in [2.24, 2.45) is 5.14 Å². The molecule has 0 saturated carbocycles. The van der Waals surface area contributed by atoms with Crippen LogP contribution in [-0.4, -0.2) is 14.2 Å². The SMILES string of the molecule is NS(=O)(=O)c1cccc(C#CCCS)c1. The first-order chi connectivity index (χ1) is 7.04. The van der Waals surface area contributed by atoms with Crippen LogP contribution < -0.4 is 5.14 Å². The van der Waals surface area contributed by atoms with E-state index < -0.39 is 10.0 Å². The van der Waals surface area contributed by atoms with Crippen molar-refractivity contribution in [2.75, 3.05) is 5.75 Å². The highest BCUT2D eigenvalue weighted by molar-refractivity contribution is 7.89. The third kappa shape index (κ3) is 3.96. The summed E-state index contributed by atoms with van der Waals surface area (Å²) < 4.78 is 22.1. The zero-order valence-corrected chi connectivity index (χ0v) is 9.68. The maximum atomic E-state index is 11.0. The summed E-state index contributed by atoms with van der Waals surface area (Å²) in [5, 5.41) is 4.99. The molecule has 0 aliphatic rings. The van der Waals surface area contributed by atoms with Crippen molar-refractivity contribution in [3.05, 3.63) is 29.8 Å². The molecule has 0 heterocycles. The lowest BCUT2D eigenvalue weighted by molar-refractivity contribution is 0.598. The van der Waals surface area contributed by atoms with Crippen molar-refractivity contribution >= 4 is 22.7 Å². The van der Waals surface area contributed by atoms with E-state index in [9.17, 15) is 8.42 Å². The second-order valence-corrected chi connectivity index (χ2v) is 4.86. The summed E-state index contributed by atoms with van der Waals surface area (Å²) in [6.07, 6.45) is 0.669. The number of sulfonamides is 1. The van der Waals surface area contributed by atoms with Crippen molar-refractivity contribution in [3.63, 3.8) is 0 Å². The Balaban J connectivity index is 3.00. The number of hydrogen-bond donors (Lipinski definition) is 2. The Hall–Kier alpha value is -0.960. The third-order valence-electron chi connectivity index (χ3n) is 1.63. The molecule has 0 saturated heterocycles. The maximum Gasteiger partial charge on any atom is 0.238 e. The molecule has 0 spiro atoms. The zero-order valence-electron chi connectivity index (χ0n) is 7.97. The third-order valence-corrected chi connectivity index (χ3v) is 2.77. The van der Waals surface area contributed by atoms with Crippen LogP contribution in [0.4, 0.5) is 0 Å². The number of benzene rings is 1. The smallest absolute Gasteiger partial charge is 0.225 e. The van der Waals surface area contributed by atoms with Gasteiger partial charge in [-0.15, -0.1) is 0 Å². The first kappa shape index (κ1) is 12.1. The molecule has 0 aromatic heterocycles. The van der Waals surface area contributed by atoms with Crippen LogP contribution in [0.5, 0.6) is 0 Å². The van der Waals surface area contributed by atoms with Crippen molar-refractivity contribution in [1.82, 2.24) is 0 Å². The number of primary sulfonamides is 1. The standard InChI is InChI=1S/C10H11NO2S2/c11-15(12,13)10-6-3-5-9(8-10)4-1-2-7-14/h3,5-6,8,14H,2,7H2,(H2,11,12,13). The summed E-state index contributed by atoms with van der Waals surface area (Å²) in [7, 11) is -3.64. The molecule has 0 unspecified atom stereocenters. The van der Waals surface area contributed by atoms with E-state index in [1.54, 1.807) is 12.1 Å². The molecule has 0 atom stereocenters. The van der Waals surface area contributed by atoms with E-state index >= 15 is 0 Å². The molecule has 15 heavy (non-hydrogen) atoms. The molecular formula is C10H11NO2S2. The minimum atomic E-state index is -3.64. The lowest BCUT2D eigenvalue weighted by Gasteiger charge is -1.97. The predicted octanol–water partition coefficient (Wildman–Crippen LogP) is 1.01. The van der Waals surface area contributed by atoms with Crippen LogP contribution in [0.3, 0.4) is 0 Å². The molecule has 0 aliphatic heterocycles. The van der Waals surface area contributed by atoms with Gasteiger partial charge in [0.2, 0.25) is 10.0 Å². The van der Waals surface area contributed by atoms with Crippen molar-refractivity contribution in [2.45, 2.75) is 11.3 Å². The van der Waals surface area contributed by atoms with Gasteiger partial charge in [-0.1, -0.05) is 17.9 Å². The van der Waals surface area contributed by atoms with E-state index in [-0.39, 0.29) is 4.90 Å². The normalized spacial score (nSPS) is 10.5. The van der Waals surface area contributed by atoms with E-state index in [2.05, 4.69) is 24.5 Å². The van der Waals surface area contributed by atoms with Gasteiger partial charge in [0.1, 0.15) is 0 Å². The Kier molecular flexibility index (Phi) is 4.21. The van der Waals surface area contributed by atoms with Crippen LogP contribution in [0.25, 0.3) is 0 Å². The average Bonchev–Trinajstić information content (AvgIpc) is 2.17. The summed E-state index contributed by atoms with van der Waals surface area (Å²) in [6.45, 7) is 0. The number of hydrogen-bond acceptors (Lipinski definition) is 3. The van der Waals surface area contributed by atoms with Crippen LogP contribution in [0.2, 0.25) is 0 Å². The van der Waals surface area contributed by atoms with Gasteiger partial charge in [0.15, 0.2) is 0 Å². The fourth-order valence-corrected chi connectivity index (χ4v) is 1.64. The van der Waals surface area contributed by atoms with Crippen molar-refractivity contribution < 1.29 is 8.42 Å². The topological polar surface area (TPSA) is 60.2 Å². The van der Waals surface area contributed by atoms with E-state index in [1.807, 2.05) is 0 Å². The van der Waals surface area contributed by atoms with Gasteiger partial charge in [0.05, 0.1) is 4.90 Å². The quantitative estimate of drug-likeness (QED) is 0.599. The van der Waals surface area contributed by atoms with Gasteiger partial charge >= 0.3 is 0 Å². The average molecular weight is 241 g/mol. The molecular weight excluding hydrogens is 230 g/mol. The Labute approximate surface area is 95.1 Å². The molecule has 80 valence electrons. The molecule has 0 bridgehead atoms. The van der Waals surface area contributed by atoms with Gasteiger partial charge in [0, 0.05) is 17.7 Å². The van der Waals surface area contributed by atoms with Gasteiger partial charge in [-0.25, -0.2) is 13.6 Å². The highest BCUT2D eigenvalue weighted by Crippen LogP contribution is 2.08. The summed E-state index contributed by atoms with van der Waals surface area (Å²) in [5.41, 5.74) is 0.642. The van der Waals surface area contributed by atoms with Crippen LogP contribution in [-0.2, 0) is 10.0 Å². The van der Waals surface area contributed by atoms with Crippen LogP contribution in [0.15, 0.2) is 29.2 Å². The highest BCUT2D eigenvalue weighted by atomic mass is 32.2. The van der Waals surface area contributed by atoms with Crippen molar-refractivity contribution in [1.29, 1.82) is 0 Å². The molecule has 1 aromatic rings. The Bertz CT molecular complexity index is 498. The van der Waals surface area contributed by atoms with Crippen molar-refractivity contribution in [3.8, 4) is 11.8 Å². The molecule has 3 nitrogen and oxygen atoms in total. The minimum absolute atomic E-state index is 0.0835. The van der Waals surface area contributed by atoms with E-state index in [4.69, 9.17) is 5.14 Å². The fraction of sp³-hybridized carbons (Fsp3) is 0.200. The largest absolute Gasteiger partial charge is 0.238 e. The first-order valence-corrected chi connectivity index (χ1v) is 6.44. The minimum Gasteiger partial charge on any atom is -0.225 e. The van der Waals surface area contributed by atoms with Crippen LogP contribution in [0.1, 0.15) is 12.0 Å². The molecule has 0 amide bonds. The molecule has 1 aromatic carbocycles. The Morgan fingerprint density at radius 1 is 1.40 bits per heavy atom. The Morgan fingerprint density at radius 2 is 2.13 bits per heavy atom. The van der Waals surface area contributed by atoms with Crippen LogP contribution in [0, 0.1) is 11.8 Å². The first-order valence-electron chi connectivity index (χ1n) is 4.26. The van der Waals surface area contributed by atoms with Gasteiger partial charge in [-0.3, -0.25) is 0 Å². The van der Waals surface area contributed by atoms with Gasteiger partial charge in [-0.05, 0) is 18.2 Å². The van der Waals surface area contributed by atoms with Gasteiger partial charge in [-0.2, -0.15) is 12.6 Å². The lowest BCUT2D eigenvalue weighted by atomic mass is 10.2. The molecule has 0 radical (unpaired) electrons. The fourth-order valence-electron chi connectivity index (χ4n) is 0.971.